The molecule has 1 unspecified atom stereocenters. The molecule has 0 heterocycles. The van der Waals surface area contributed by atoms with Crippen molar-refractivity contribution in [2.45, 2.75) is 52.1 Å². The number of carbonyl (C=O) groups is 1. The Morgan fingerprint density at radius 3 is 2.71 bits per heavy atom. The first kappa shape index (κ1) is 17.8. The van der Waals surface area contributed by atoms with Crippen LogP contribution < -0.4 is 15.8 Å². The Kier molecular flexibility index (Phi) is 6.49. The number of nitrogens with two attached hydrogens (primary N) is 1. The van der Waals surface area contributed by atoms with E-state index in [1.54, 1.807) is 12.1 Å². The van der Waals surface area contributed by atoms with Crippen LogP contribution >= 0.6 is 11.6 Å². The van der Waals surface area contributed by atoms with Gasteiger partial charge in [0.25, 0.3) is 5.91 Å². The normalized spacial score (nSPS) is 12.9. The highest BCUT2D eigenvalue weighted by atomic mass is 35.5. The molecule has 0 aliphatic heterocycles. The summed E-state index contributed by atoms with van der Waals surface area (Å²) < 4.78 is 5.62. The number of hydrogen-bond acceptors (Lipinski definition) is 3. The summed E-state index contributed by atoms with van der Waals surface area (Å²) in [6, 6.07) is 5.35. The SMILES string of the molecule is CCC(C)(C)NC(=O)COc1ccc(Cl)cc1CC(C)N. The second-order valence-corrected chi connectivity index (χ2v) is 6.44. The van der Waals surface area contributed by atoms with Gasteiger partial charge in [-0.25, -0.2) is 0 Å². The number of nitrogens with one attached hydrogen (secondary N) is 1. The molecule has 0 radical (unpaired) electrons. The molecule has 1 aromatic carbocycles. The molecule has 1 rings (SSSR count). The maximum Gasteiger partial charge on any atom is 0.258 e. The highest BCUT2D eigenvalue weighted by Crippen LogP contribution is 2.24. The zero-order chi connectivity index (χ0) is 16.0. The smallest absolute Gasteiger partial charge is 0.258 e. The van der Waals surface area contributed by atoms with E-state index in [0.29, 0.717) is 17.2 Å². The van der Waals surface area contributed by atoms with E-state index >= 15 is 0 Å². The molecule has 0 fully saturated rings. The molecule has 4 nitrogen and oxygen atoms in total. The molecule has 21 heavy (non-hydrogen) atoms. The van der Waals surface area contributed by atoms with E-state index < -0.39 is 0 Å². The van der Waals surface area contributed by atoms with Crippen LogP contribution in [0.5, 0.6) is 5.75 Å². The molecular formula is C16H25ClN2O2. The predicted molar refractivity (Wildman–Crippen MR) is 86.8 cm³/mol. The maximum atomic E-state index is 11.9. The summed E-state index contributed by atoms with van der Waals surface area (Å²) in [7, 11) is 0. The fraction of sp³-hybridized carbons (Fsp3) is 0.562. The second-order valence-electron chi connectivity index (χ2n) is 6.01. The Bertz CT molecular complexity index is 487. The lowest BCUT2D eigenvalue weighted by atomic mass is 10.0. The summed E-state index contributed by atoms with van der Waals surface area (Å²) in [6.07, 6.45) is 1.51. The van der Waals surface area contributed by atoms with Crippen LogP contribution in [0, 0.1) is 0 Å². The molecule has 1 aromatic rings. The molecule has 0 saturated heterocycles. The van der Waals surface area contributed by atoms with E-state index in [9.17, 15) is 4.79 Å². The molecule has 5 heteroatoms. The van der Waals surface area contributed by atoms with Gasteiger partial charge in [-0.2, -0.15) is 0 Å². The molecule has 0 aliphatic carbocycles. The van der Waals surface area contributed by atoms with E-state index in [1.807, 2.05) is 33.8 Å². The first-order chi connectivity index (χ1) is 9.73. The lowest BCUT2D eigenvalue weighted by Gasteiger charge is -2.24. The lowest BCUT2D eigenvalue weighted by Crippen LogP contribution is -2.44. The summed E-state index contributed by atoms with van der Waals surface area (Å²) >= 11 is 5.99. The van der Waals surface area contributed by atoms with Crippen molar-refractivity contribution in [1.82, 2.24) is 5.32 Å². The van der Waals surface area contributed by atoms with Crippen LogP contribution in [-0.4, -0.2) is 24.1 Å². The third kappa shape index (κ3) is 6.36. The number of halogens is 1. The monoisotopic (exact) mass is 312 g/mol. The Hall–Kier alpha value is -1.26. The maximum absolute atomic E-state index is 11.9. The molecule has 0 aromatic heterocycles. The quantitative estimate of drug-likeness (QED) is 0.813. The van der Waals surface area contributed by atoms with Crippen molar-refractivity contribution >= 4 is 17.5 Å². The van der Waals surface area contributed by atoms with Gasteiger partial charge in [0.05, 0.1) is 0 Å². The molecular weight excluding hydrogens is 288 g/mol. The average molecular weight is 313 g/mol. The van der Waals surface area contributed by atoms with E-state index in [4.69, 9.17) is 22.1 Å². The number of amides is 1. The van der Waals surface area contributed by atoms with E-state index in [2.05, 4.69) is 5.32 Å². The van der Waals surface area contributed by atoms with Crippen molar-refractivity contribution in [3.63, 3.8) is 0 Å². The van der Waals surface area contributed by atoms with Gasteiger partial charge in [-0.05, 0) is 57.4 Å². The van der Waals surface area contributed by atoms with Crippen molar-refractivity contribution in [2.24, 2.45) is 5.73 Å². The van der Waals surface area contributed by atoms with Gasteiger partial charge in [-0.1, -0.05) is 18.5 Å². The van der Waals surface area contributed by atoms with Gasteiger partial charge in [0.15, 0.2) is 6.61 Å². The molecule has 118 valence electrons. The van der Waals surface area contributed by atoms with Gasteiger partial charge < -0.3 is 15.8 Å². The molecule has 3 N–H and O–H groups in total. The largest absolute Gasteiger partial charge is 0.483 e. The summed E-state index contributed by atoms with van der Waals surface area (Å²) in [6.45, 7) is 7.89. The number of hydrogen-bond donors (Lipinski definition) is 2. The second kappa shape index (κ2) is 7.66. The Balaban J connectivity index is 2.68. The fourth-order valence-electron chi connectivity index (χ4n) is 1.84. The number of ether oxygens (including phenoxy) is 1. The van der Waals surface area contributed by atoms with Crippen LogP contribution in [0.15, 0.2) is 18.2 Å². The number of rotatable bonds is 7. The van der Waals surface area contributed by atoms with Gasteiger partial charge in [0.1, 0.15) is 5.75 Å². The molecule has 0 saturated carbocycles. The van der Waals surface area contributed by atoms with Crippen LogP contribution in [0.25, 0.3) is 0 Å². The first-order valence-electron chi connectivity index (χ1n) is 7.21. The van der Waals surface area contributed by atoms with Crippen LogP contribution in [-0.2, 0) is 11.2 Å². The molecule has 1 atom stereocenters. The van der Waals surface area contributed by atoms with Gasteiger partial charge in [-0.3, -0.25) is 4.79 Å². The van der Waals surface area contributed by atoms with Crippen LogP contribution in [0.2, 0.25) is 5.02 Å². The third-order valence-electron chi connectivity index (χ3n) is 3.28. The fourth-order valence-corrected chi connectivity index (χ4v) is 2.04. The minimum absolute atomic E-state index is 0.00123. The Labute approximate surface area is 132 Å². The first-order valence-corrected chi connectivity index (χ1v) is 7.59. The third-order valence-corrected chi connectivity index (χ3v) is 3.52. The van der Waals surface area contributed by atoms with E-state index in [-0.39, 0.29) is 24.1 Å². The van der Waals surface area contributed by atoms with Crippen LogP contribution in [0.4, 0.5) is 0 Å². The standard InChI is InChI=1S/C16H25ClN2O2/c1-5-16(3,4)19-15(20)10-21-14-7-6-13(17)9-12(14)8-11(2)18/h6-7,9,11H,5,8,10,18H2,1-4H3,(H,19,20). The number of carbonyl (C=O) groups excluding carboxylic acids is 1. The van der Waals surface area contributed by atoms with E-state index in [1.165, 1.54) is 0 Å². The van der Waals surface area contributed by atoms with Crippen molar-refractivity contribution in [2.75, 3.05) is 6.61 Å². The highest BCUT2D eigenvalue weighted by molar-refractivity contribution is 6.30. The predicted octanol–water partition coefficient (Wildman–Crippen LogP) is 2.91. The minimum atomic E-state index is -0.227. The summed E-state index contributed by atoms with van der Waals surface area (Å²) in [5.74, 6) is 0.518. The van der Waals surface area contributed by atoms with Gasteiger partial charge in [0.2, 0.25) is 0 Å². The van der Waals surface area contributed by atoms with Gasteiger partial charge in [-0.15, -0.1) is 0 Å². The lowest BCUT2D eigenvalue weighted by molar-refractivity contribution is -0.124. The van der Waals surface area contributed by atoms with Crippen molar-refractivity contribution in [3.8, 4) is 5.75 Å². The van der Waals surface area contributed by atoms with Gasteiger partial charge in [0, 0.05) is 16.6 Å². The minimum Gasteiger partial charge on any atom is -0.483 e. The van der Waals surface area contributed by atoms with Crippen LogP contribution in [0.1, 0.15) is 39.7 Å². The molecule has 0 aliphatic rings. The molecule has 0 spiro atoms. The summed E-state index contributed by atoms with van der Waals surface area (Å²) in [5, 5.41) is 3.57. The summed E-state index contributed by atoms with van der Waals surface area (Å²) in [5.41, 5.74) is 6.51. The zero-order valence-electron chi connectivity index (χ0n) is 13.2. The van der Waals surface area contributed by atoms with Crippen molar-refractivity contribution < 1.29 is 9.53 Å². The van der Waals surface area contributed by atoms with E-state index in [0.717, 1.165) is 12.0 Å². The molecule has 0 bridgehead atoms. The van der Waals surface area contributed by atoms with Gasteiger partial charge >= 0.3 is 0 Å². The Morgan fingerprint density at radius 1 is 1.48 bits per heavy atom. The van der Waals surface area contributed by atoms with Crippen molar-refractivity contribution in [1.29, 1.82) is 0 Å². The topological polar surface area (TPSA) is 64.3 Å². The highest BCUT2D eigenvalue weighted by Gasteiger charge is 2.18. The van der Waals surface area contributed by atoms with Crippen molar-refractivity contribution in [3.05, 3.63) is 28.8 Å². The zero-order valence-corrected chi connectivity index (χ0v) is 14.0. The Morgan fingerprint density at radius 2 is 2.14 bits per heavy atom. The number of benzene rings is 1. The van der Waals surface area contributed by atoms with Crippen LogP contribution in [0.3, 0.4) is 0 Å². The molecule has 1 amide bonds. The summed E-state index contributed by atoms with van der Waals surface area (Å²) in [4.78, 5) is 11.9. The average Bonchev–Trinajstić information content (AvgIpc) is 2.36.